The smallest absolute Gasteiger partial charge is 0.269 e. The standard InChI is InChI=1S/C76H128N16O13S/c1-23-57-71(98)83(17)53(14)69(96)88(22)64(55(16)104-38-30-29-35-89-36-39-103-40-37-89)67(94)79-61(47(6)7)74(101)84(18)58(42-45(2)3)66(93)78-52(13)68(95)90-50(11)44-60(86(20)72(99)59(43-46(4)5)85(19)70(97)54(90)15)73(100)87(21)62(48(8)9)75(102)92-63(51(12)77-57)65(105-92)49(10)32-26-25-31-41-106-76-80-81-82-91(76)56-33-27-24-28-34-56/h24,27-28,33-34,45-50,52-55,57-65,77,81-82H,12,23,25-26,29-32,35-44H2,1-11,13-22H3,(H,78,93)(H,79,94)/t49-,50?,52?,53-,54-,55-,57?,58+,59+,60+,61?,62?,63-,64?,65-/m1/s1. The van der Waals surface area contributed by atoms with Gasteiger partial charge in [0.05, 0.1) is 25.0 Å². The van der Waals surface area contributed by atoms with Crippen LogP contribution in [0.25, 0.3) is 0 Å². The lowest BCUT2D eigenvalue weighted by atomic mass is 9.87. The third-order valence-electron chi connectivity index (χ3n) is 21.6. The Kier molecular flexibility index (Phi) is 33.4. The van der Waals surface area contributed by atoms with Crippen LogP contribution in [0, 0.1) is 29.6 Å². The predicted octanol–water partition coefficient (Wildman–Crippen LogP) is 5.03. The van der Waals surface area contributed by atoms with Gasteiger partial charge in [0.2, 0.25) is 58.3 Å². The van der Waals surface area contributed by atoms with Gasteiger partial charge in [0, 0.05) is 79.5 Å². The number of benzene rings is 1. The second-order valence-corrected chi connectivity index (χ2v) is 32.4. The van der Waals surface area contributed by atoms with Crippen LogP contribution in [0.15, 0.2) is 47.7 Å². The Morgan fingerprint density at radius 3 is 1.84 bits per heavy atom. The number of carbonyl (C=O) groups excluding carboxylic acids is 10. The molecule has 0 radical (unpaired) electrons. The molecule has 5 N–H and O–H groups in total. The number of carbonyl (C=O) groups is 10. The normalized spacial score (nSPS) is 28.4. The molecule has 5 heterocycles. The van der Waals surface area contributed by atoms with Crippen molar-refractivity contribution < 1.29 is 62.3 Å². The first-order chi connectivity index (χ1) is 50.0. The third-order valence-corrected chi connectivity index (χ3v) is 22.6. The quantitative estimate of drug-likeness (QED) is 0.0952. The maximum atomic E-state index is 15.8. The number of amides is 10. The topological polar surface area (TPSA) is 303 Å². The zero-order valence-electron chi connectivity index (χ0n) is 67.2. The zero-order valence-corrected chi connectivity index (χ0v) is 68.0. The van der Waals surface area contributed by atoms with Crippen LogP contribution < -0.4 is 32.0 Å². The van der Waals surface area contributed by atoms with Gasteiger partial charge in [-0.1, -0.05) is 119 Å². The fourth-order valence-corrected chi connectivity index (χ4v) is 15.8. The molecule has 1 aromatic rings. The summed E-state index contributed by atoms with van der Waals surface area (Å²) in [5.41, 5.74) is 7.14. The number of rotatable bonds is 22. The van der Waals surface area contributed by atoms with Crippen molar-refractivity contribution >= 4 is 81.7 Å². The second-order valence-electron chi connectivity index (χ2n) is 31.3. The Bertz CT molecular complexity index is 3200. The summed E-state index contributed by atoms with van der Waals surface area (Å²) >= 11 is 1.62. The number of nitrogens with one attached hydrogen (secondary N) is 5. The van der Waals surface area contributed by atoms with E-state index in [4.69, 9.17) is 14.3 Å². The van der Waals surface area contributed by atoms with Crippen molar-refractivity contribution in [1.29, 1.82) is 0 Å². The molecule has 6 rings (SSSR count). The highest BCUT2D eigenvalue weighted by Gasteiger charge is 2.53. The summed E-state index contributed by atoms with van der Waals surface area (Å²) in [7, 11) is 8.93. The molecule has 0 aliphatic carbocycles. The molecule has 5 aliphatic heterocycles. The van der Waals surface area contributed by atoms with Crippen LogP contribution >= 0.6 is 11.8 Å². The number of hydroxylamine groups is 2. The van der Waals surface area contributed by atoms with E-state index in [1.807, 2.05) is 70.0 Å². The molecule has 0 saturated carbocycles. The summed E-state index contributed by atoms with van der Waals surface area (Å²) in [6, 6.07) is -4.22. The minimum absolute atomic E-state index is 0.114. The number of morpholine rings is 1. The number of likely N-dealkylation sites (N-methyl/N-ethyl adjacent to an activating group) is 6. The van der Waals surface area contributed by atoms with E-state index in [0.29, 0.717) is 26.1 Å². The van der Waals surface area contributed by atoms with Gasteiger partial charge in [-0.2, -0.15) is 0 Å². The van der Waals surface area contributed by atoms with E-state index >= 15 is 43.2 Å². The van der Waals surface area contributed by atoms with Crippen LogP contribution in [-0.2, 0) is 62.3 Å². The fourth-order valence-electron chi connectivity index (χ4n) is 14.9. The molecule has 15 atom stereocenters. The highest BCUT2D eigenvalue weighted by Crippen LogP contribution is 2.37. The van der Waals surface area contributed by atoms with Crippen molar-refractivity contribution in [3.8, 4) is 0 Å². The molecule has 4 fully saturated rings. The molecule has 5 aliphatic rings. The van der Waals surface area contributed by atoms with Crippen LogP contribution in [0.5, 0.6) is 0 Å². The number of hydrogen-bond acceptors (Lipinski definition) is 20. The molecule has 0 aromatic heterocycles. The van der Waals surface area contributed by atoms with Gasteiger partial charge in [-0.3, -0.25) is 57.7 Å². The SMILES string of the molecule is C=C1NC(CC)C(=O)N(C)[C@H](C)C(=O)N(C)C([C@@H](C)OCCCCN2CCOCC2)C(=O)NC(C(C)C)C(=O)N(C)[C@@H](CC(C)C)C(=O)NC(C)C(=O)N2C(C)C[C@@H](C(=O)N(C)C(C(C)C)C(=O)N3O[C@H]([C@H](C)CCCCCSC4=NNNN4c4ccccc4)[C@@H]13)N(C)C(=O)[C@H](CC(C)C)N(C)C(=O)[C@H]2C. The summed E-state index contributed by atoms with van der Waals surface area (Å²) in [4.78, 5) is 171. The Balaban J connectivity index is 1.42. The maximum Gasteiger partial charge on any atom is 0.269 e. The van der Waals surface area contributed by atoms with Crippen LogP contribution in [0.1, 0.15) is 168 Å². The third kappa shape index (κ3) is 21.9. The van der Waals surface area contributed by atoms with E-state index in [9.17, 15) is 4.79 Å². The molecule has 4 saturated heterocycles. The number of unbranched alkanes of at least 4 members (excludes halogenated alkanes) is 3. The summed E-state index contributed by atoms with van der Waals surface area (Å²) in [6.45, 7) is 35.0. The molecule has 29 nitrogen and oxygen atoms in total. The van der Waals surface area contributed by atoms with Gasteiger partial charge >= 0.3 is 0 Å². The minimum Gasteiger partial charge on any atom is -0.379 e. The number of thioether (sulfide) groups is 1. The number of anilines is 1. The highest BCUT2D eigenvalue weighted by atomic mass is 32.2. The van der Waals surface area contributed by atoms with Crippen LogP contribution in [0.2, 0.25) is 0 Å². The van der Waals surface area contributed by atoms with Crippen molar-refractivity contribution in [2.45, 2.75) is 253 Å². The average molecular weight is 1510 g/mol. The molecular formula is C76H128N16O13S. The molecule has 30 heteroatoms. The first-order valence-electron chi connectivity index (χ1n) is 38.4. The van der Waals surface area contributed by atoms with Crippen LogP contribution in [0.4, 0.5) is 5.69 Å². The highest BCUT2D eigenvalue weighted by molar-refractivity contribution is 8.14. The Morgan fingerprint density at radius 1 is 0.613 bits per heavy atom. The molecule has 1 aromatic carbocycles. The van der Waals surface area contributed by atoms with Gasteiger partial charge < -0.3 is 59.7 Å². The minimum atomic E-state index is -1.35. The summed E-state index contributed by atoms with van der Waals surface area (Å²) in [6.07, 6.45) is 3.39. The van der Waals surface area contributed by atoms with Crippen molar-refractivity contribution in [2.24, 2.45) is 34.7 Å². The van der Waals surface area contributed by atoms with Gasteiger partial charge in [-0.05, 0) is 134 Å². The number of amidine groups is 1. The van der Waals surface area contributed by atoms with E-state index in [-0.39, 0.29) is 55.7 Å². The van der Waals surface area contributed by atoms with Gasteiger partial charge in [0.15, 0.2) is 0 Å². The Morgan fingerprint density at radius 2 is 1.23 bits per heavy atom. The number of ether oxygens (including phenoxy) is 2. The monoisotopic (exact) mass is 1500 g/mol. The Labute approximate surface area is 634 Å². The average Bonchev–Trinajstić information content (AvgIpc) is 0.816. The second kappa shape index (κ2) is 40.4. The predicted molar refractivity (Wildman–Crippen MR) is 410 cm³/mol. The lowest BCUT2D eigenvalue weighted by Gasteiger charge is -2.52. The number of hydrazine groups is 2. The van der Waals surface area contributed by atoms with Gasteiger partial charge in [0.25, 0.3) is 5.91 Å². The van der Waals surface area contributed by atoms with E-state index in [1.54, 1.807) is 74.1 Å². The zero-order chi connectivity index (χ0) is 78.9. The van der Waals surface area contributed by atoms with E-state index < -0.39 is 156 Å². The number of hydrogen-bond donors (Lipinski definition) is 5. The van der Waals surface area contributed by atoms with Crippen molar-refractivity contribution in [3.63, 3.8) is 0 Å². The van der Waals surface area contributed by atoms with Crippen molar-refractivity contribution in [1.82, 2.24) is 71.3 Å². The first-order valence-corrected chi connectivity index (χ1v) is 39.4. The van der Waals surface area contributed by atoms with Gasteiger partial charge in [-0.15, -0.1) is 10.6 Å². The van der Waals surface area contributed by atoms with Crippen LogP contribution in [-0.4, -0.2) is 281 Å². The fraction of sp³-hybridized carbons (Fsp3) is 0.750. The molecule has 10 amide bonds. The lowest BCUT2D eigenvalue weighted by Crippen LogP contribution is -2.69. The number of hydrazone groups is 1. The maximum absolute atomic E-state index is 15.8. The van der Waals surface area contributed by atoms with Gasteiger partial charge in [-0.25, -0.2) is 15.6 Å². The summed E-state index contributed by atoms with van der Waals surface area (Å²) in [5.74, 6) is -6.95. The summed E-state index contributed by atoms with van der Waals surface area (Å²) in [5, 5.41) is 17.5. The summed E-state index contributed by atoms with van der Waals surface area (Å²) < 4.78 is 12.0. The van der Waals surface area contributed by atoms with Crippen molar-refractivity contribution in [2.75, 3.05) is 92.5 Å². The van der Waals surface area contributed by atoms with Gasteiger partial charge in [0.1, 0.15) is 72.6 Å². The first kappa shape index (κ1) is 87.8. The molecule has 2 bridgehead atoms. The number of para-hydroxylation sites is 1. The van der Waals surface area contributed by atoms with E-state index in [2.05, 4.69) is 43.6 Å². The lowest BCUT2D eigenvalue weighted by molar-refractivity contribution is -0.322. The van der Waals surface area contributed by atoms with E-state index in [0.717, 1.165) is 61.9 Å². The van der Waals surface area contributed by atoms with E-state index in [1.165, 1.54) is 88.6 Å². The molecule has 0 spiro atoms. The van der Waals surface area contributed by atoms with Crippen molar-refractivity contribution in [3.05, 3.63) is 42.6 Å². The molecule has 596 valence electrons. The molecule has 6 unspecified atom stereocenters. The van der Waals surface area contributed by atoms with Crippen LogP contribution in [0.3, 0.4) is 0 Å². The molecular weight excluding hydrogens is 1380 g/mol. The molecule has 106 heavy (non-hydrogen) atoms. The number of nitrogens with zero attached hydrogens (tertiary/aromatic N) is 11. The largest absolute Gasteiger partial charge is 0.379 e. The number of fused-ring (bicyclic) bond motifs is 4. The Hall–Kier alpha value is -7.12.